The molecule has 2 aromatic rings. The lowest BCUT2D eigenvalue weighted by Crippen LogP contribution is -2.41. The van der Waals surface area contributed by atoms with E-state index in [0.29, 0.717) is 25.7 Å². The van der Waals surface area contributed by atoms with E-state index >= 15 is 0 Å². The highest BCUT2D eigenvalue weighted by molar-refractivity contribution is 5.58. The number of ether oxygens (including phenoxy) is 1. The Morgan fingerprint density at radius 2 is 2.21 bits per heavy atom. The van der Waals surface area contributed by atoms with E-state index in [9.17, 15) is 5.11 Å². The molecule has 0 spiro atoms. The zero-order valence-electron chi connectivity index (χ0n) is 14.3. The highest BCUT2D eigenvalue weighted by atomic mass is 16.5. The van der Waals surface area contributed by atoms with Crippen LogP contribution in [-0.4, -0.2) is 58.9 Å². The van der Waals surface area contributed by atoms with E-state index in [4.69, 9.17) is 4.74 Å². The number of aliphatic hydroxyl groups excluding tert-OH is 1. The van der Waals surface area contributed by atoms with Crippen molar-refractivity contribution in [1.82, 2.24) is 14.9 Å². The van der Waals surface area contributed by atoms with Gasteiger partial charge in [0.05, 0.1) is 24.6 Å². The number of benzene rings is 1. The summed E-state index contributed by atoms with van der Waals surface area (Å²) in [6.45, 7) is 5.65. The number of aromatic amines is 1. The van der Waals surface area contributed by atoms with Crippen molar-refractivity contribution < 1.29 is 9.84 Å². The maximum atomic E-state index is 10.1. The minimum absolute atomic E-state index is 0.399. The van der Waals surface area contributed by atoms with Crippen molar-refractivity contribution in [3.8, 4) is 11.3 Å². The average molecular weight is 329 g/mol. The molecule has 0 bridgehead atoms. The van der Waals surface area contributed by atoms with E-state index in [0.717, 1.165) is 43.0 Å². The van der Waals surface area contributed by atoms with Crippen LogP contribution in [0.3, 0.4) is 0 Å². The molecule has 130 valence electrons. The second kappa shape index (κ2) is 8.42. The highest BCUT2D eigenvalue weighted by Crippen LogP contribution is 2.27. The Balaban J connectivity index is 1.60. The largest absolute Gasteiger partial charge is 0.389 e. The van der Waals surface area contributed by atoms with Crippen LogP contribution in [0.2, 0.25) is 0 Å². The smallest absolute Gasteiger partial charge is 0.110 e. The Morgan fingerprint density at radius 1 is 1.38 bits per heavy atom. The summed E-state index contributed by atoms with van der Waals surface area (Å²) >= 11 is 0. The van der Waals surface area contributed by atoms with Gasteiger partial charge in [-0.1, -0.05) is 30.3 Å². The quantitative estimate of drug-likeness (QED) is 0.820. The van der Waals surface area contributed by atoms with Gasteiger partial charge in [-0.05, 0) is 31.9 Å². The molecule has 0 radical (unpaired) electrons. The van der Waals surface area contributed by atoms with Gasteiger partial charge in [-0.25, -0.2) is 4.98 Å². The first-order chi connectivity index (χ1) is 11.8. The molecule has 0 saturated carbocycles. The van der Waals surface area contributed by atoms with E-state index in [1.54, 1.807) is 0 Å². The first-order valence-electron chi connectivity index (χ1n) is 8.84. The lowest BCUT2D eigenvalue weighted by atomic mass is 9.97. The Kier molecular flexibility index (Phi) is 6.01. The standard InChI is InChI=1S/C19H27N3O2/c1-2-24-14-17(23)13-22-10-6-9-16(12-22)19-20-11-18(21-19)15-7-4-3-5-8-15/h3-5,7-8,11,16-17,23H,2,6,9-10,12-14H2,1H3,(H,20,21)/t16-,17+/m1/s1. The summed E-state index contributed by atoms with van der Waals surface area (Å²) in [4.78, 5) is 10.4. The van der Waals surface area contributed by atoms with E-state index < -0.39 is 6.10 Å². The zero-order valence-corrected chi connectivity index (χ0v) is 14.3. The molecule has 2 heterocycles. The van der Waals surface area contributed by atoms with E-state index in [2.05, 4.69) is 27.0 Å². The Morgan fingerprint density at radius 3 is 3.00 bits per heavy atom. The minimum atomic E-state index is -0.416. The van der Waals surface area contributed by atoms with Crippen LogP contribution in [0.1, 0.15) is 31.5 Å². The number of nitrogens with one attached hydrogen (secondary N) is 1. The Hall–Kier alpha value is -1.69. The molecule has 1 aromatic heterocycles. The van der Waals surface area contributed by atoms with Gasteiger partial charge < -0.3 is 14.8 Å². The number of aromatic nitrogens is 2. The summed E-state index contributed by atoms with van der Waals surface area (Å²) in [5, 5.41) is 10.1. The molecule has 1 aliphatic rings. The number of imidazole rings is 1. The number of nitrogens with zero attached hydrogens (tertiary/aromatic N) is 2. The van der Waals surface area contributed by atoms with Crippen LogP contribution < -0.4 is 0 Å². The third-order valence-electron chi connectivity index (χ3n) is 4.56. The number of hydrogen-bond donors (Lipinski definition) is 2. The van der Waals surface area contributed by atoms with Crippen molar-refractivity contribution in [2.24, 2.45) is 0 Å². The molecule has 0 aliphatic carbocycles. The van der Waals surface area contributed by atoms with Gasteiger partial charge in [0.15, 0.2) is 0 Å². The van der Waals surface area contributed by atoms with Crippen molar-refractivity contribution in [1.29, 1.82) is 0 Å². The molecule has 5 heteroatoms. The van der Waals surface area contributed by atoms with Crippen LogP contribution in [0.15, 0.2) is 36.5 Å². The fourth-order valence-electron chi connectivity index (χ4n) is 3.36. The first kappa shape index (κ1) is 17.1. The maximum absolute atomic E-state index is 10.1. The van der Waals surface area contributed by atoms with Gasteiger partial charge in [0, 0.05) is 25.6 Å². The molecular formula is C19H27N3O2. The van der Waals surface area contributed by atoms with Crippen molar-refractivity contribution in [3.05, 3.63) is 42.4 Å². The topological polar surface area (TPSA) is 61.4 Å². The third-order valence-corrected chi connectivity index (χ3v) is 4.56. The van der Waals surface area contributed by atoms with Gasteiger partial charge in [-0.3, -0.25) is 4.90 Å². The maximum Gasteiger partial charge on any atom is 0.110 e. The van der Waals surface area contributed by atoms with Gasteiger partial charge >= 0.3 is 0 Å². The molecule has 3 rings (SSSR count). The van der Waals surface area contributed by atoms with E-state index in [1.165, 1.54) is 0 Å². The number of likely N-dealkylation sites (tertiary alicyclic amines) is 1. The van der Waals surface area contributed by atoms with Crippen LogP contribution in [0.5, 0.6) is 0 Å². The van der Waals surface area contributed by atoms with Crippen molar-refractivity contribution >= 4 is 0 Å². The molecule has 0 amide bonds. The van der Waals surface area contributed by atoms with Crippen LogP contribution in [0.25, 0.3) is 11.3 Å². The summed E-state index contributed by atoms with van der Waals surface area (Å²) in [6.07, 6.45) is 3.78. The van der Waals surface area contributed by atoms with Crippen LogP contribution in [0.4, 0.5) is 0 Å². The van der Waals surface area contributed by atoms with Gasteiger partial charge in [0.2, 0.25) is 0 Å². The normalized spacial score (nSPS) is 20.2. The van der Waals surface area contributed by atoms with Crippen molar-refractivity contribution in [3.63, 3.8) is 0 Å². The Labute approximate surface area is 143 Å². The minimum Gasteiger partial charge on any atom is -0.389 e. The molecule has 0 unspecified atom stereocenters. The Bertz CT molecular complexity index is 614. The third kappa shape index (κ3) is 4.44. The summed E-state index contributed by atoms with van der Waals surface area (Å²) in [5.74, 6) is 1.45. The molecule has 2 atom stereocenters. The summed E-state index contributed by atoms with van der Waals surface area (Å²) in [5.41, 5.74) is 2.23. The monoisotopic (exact) mass is 329 g/mol. The fourth-order valence-corrected chi connectivity index (χ4v) is 3.36. The number of rotatable bonds is 7. The van der Waals surface area contributed by atoms with Gasteiger partial charge in [0.1, 0.15) is 5.82 Å². The second-order valence-electron chi connectivity index (χ2n) is 6.46. The fraction of sp³-hybridized carbons (Fsp3) is 0.526. The van der Waals surface area contributed by atoms with Crippen molar-refractivity contribution in [2.75, 3.05) is 32.8 Å². The van der Waals surface area contributed by atoms with E-state index in [-0.39, 0.29) is 0 Å². The van der Waals surface area contributed by atoms with Crippen molar-refractivity contribution in [2.45, 2.75) is 31.8 Å². The SMILES string of the molecule is CCOC[C@@H](O)CN1CCC[C@@H](c2ncc(-c3ccccc3)[nH]2)C1. The lowest BCUT2D eigenvalue weighted by Gasteiger charge is -2.33. The number of hydrogen-bond acceptors (Lipinski definition) is 4. The summed E-state index contributed by atoms with van der Waals surface area (Å²) < 4.78 is 5.31. The average Bonchev–Trinajstić information content (AvgIpc) is 3.11. The van der Waals surface area contributed by atoms with Gasteiger partial charge in [0.25, 0.3) is 0 Å². The molecule has 1 fully saturated rings. The number of β-amino-alcohol motifs (C(OH)–C–C–N with tert-alkyl or cyclic N) is 1. The van der Waals surface area contributed by atoms with Gasteiger partial charge in [-0.2, -0.15) is 0 Å². The molecule has 5 nitrogen and oxygen atoms in total. The highest BCUT2D eigenvalue weighted by Gasteiger charge is 2.25. The van der Waals surface area contributed by atoms with Crippen LogP contribution in [0, 0.1) is 0 Å². The van der Waals surface area contributed by atoms with Crippen LogP contribution in [-0.2, 0) is 4.74 Å². The molecule has 24 heavy (non-hydrogen) atoms. The molecule has 1 aromatic carbocycles. The first-order valence-corrected chi connectivity index (χ1v) is 8.84. The number of piperidine rings is 1. The summed E-state index contributed by atoms with van der Waals surface area (Å²) in [7, 11) is 0. The number of aliphatic hydroxyl groups is 1. The molecule has 1 saturated heterocycles. The molecular weight excluding hydrogens is 302 g/mol. The van der Waals surface area contributed by atoms with Crippen LogP contribution >= 0.6 is 0 Å². The predicted octanol–water partition coefficient (Wildman–Crippen LogP) is 2.65. The second-order valence-corrected chi connectivity index (χ2v) is 6.46. The molecule has 2 N–H and O–H groups in total. The van der Waals surface area contributed by atoms with Gasteiger partial charge in [-0.15, -0.1) is 0 Å². The van der Waals surface area contributed by atoms with E-state index in [1.807, 2.05) is 31.3 Å². The summed E-state index contributed by atoms with van der Waals surface area (Å²) in [6, 6.07) is 10.3. The molecule has 1 aliphatic heterocycles. The lowest BCUT2D eigenvalue weighted by molar-refractivity contribution is 0.0159. The predicted molar refractivity (Wildman–Crippen MR) is 94.9 cm³/mol. The zero-order chi connectivity index (χ0) is 16.8. The number of H-pyrrole nitrogens is 1.